The standard InChI is InChI=1S/C9H7F2N2/c1-9(8(10)11)12-6-4-2-3-5-7(6)13-9/h2-5,8H,1H2. The zero-order valence-electron chi connectivity index (χ0n) is 6.74. The van der Waals surface area contributed by atoms with Crippen molar-refractivity contribution in [3.63, 3.8) is 0 Å². The summed E-state index contributed by atoms with van der Waals surface area (Å²) < 4.78 is 24.9. The molecule has 0 saturated heterocycles. The van der Waals surface area contributed by atoms with Gasteiger partial charge in [-0.15, -0.1) is 0 Å². The number of hydrogen-bond acceptors (Lipinski definition) is 2. The first-order chi connectivity index (χ1) is 6.12. The molecule has 2 nitrogen and oxygen atoms in total. The van der Waals surface area contributed by atoms with Crippen molar-refractivity contribution in [2.75, 3.05) is 0 Å². The average molecular weight is 181 g/mol. The van der Waals surface area contributed by atoms with Gasteiger partial charge in [-0.25, -0.2) is 18.8 Å². The van der Waals surface area contributed by atoms with Crippen LogP contribution in [0.2, 0.25) is 0 Å². The molecule has 0 unspecified atom stereocenters. The Labute approximate surface area is 73.6 Å². The molecule has 1 aliphatic rings. The summed E-state index contributed by atoms with van der Waals surface area (Å²) in [6.07, 6.45) is -2.67. The molecule has 1 heterocycles. The molecule has 1 radical (unpaired) electrons. The number of nitrogens with zero attached hydrogens (tertiary/aromatic N) is 2. The Kier molecular flexibility index (Phi) is 1.65. The van der Waals surface area contributed by atoms with E-state index in [1.165, 1.54) is 0 Å². The first kappa shape index (κ1) is 8.29. The van der Waals surface area contributed by atoms with E-state index in [9.17, 15) is 8.78 Å². The maximum Gasteiger partial charge on any atom is 0.283 e. The fourth-order valence-electron chi connectivity index (χ4n) is 1.19. The predicted molar refractivity (Wildman–Crippen MR) is 42.8 cm³/mol. The van der Waals surface area contributed by atoms with Gasteiger partial charge in [-0.3, -0.25) is 0 Å². The number of alkyl halides is 2. The van der Waals surface area contributed by atoms with Gasteiger partial charge in [0.25, 0.3) is 6.43 Å². The summed E-state index contributed by atoms with van der Waals surface area (Å²) in [5.74, 6) is 0. The Hall–Kier alpha value is -1.32. The molecule has 0 N–H and O–H groups in total. The molecular weight excluding hydrogens is 174 g/mol. The fourth-order valence-corrected chi connectivity index (χ4v) is 1.19. The van der Waals surface area contributed by atoms with Crippen LogP contribution in [-0.4, -0.2) is 12.1 Å². The van der Waals surface area contributed by atoms with Crippen molar-refractivity contribution in [2.24, 2.45) is 9.98 Å². The van der Waals surface area contributed by atoms with Crippen LogP contribution in [-0.2, 0) is 0 Å². The Balaban J connectivity index is 2.63. The normalized spacial score (nSPS) is 17.8. The van der Waals surface area contributed by atoms with E-state index >= 15 is 0 Å². The van der Waals surface area contributed by atoms with Gasteiger partial charge in [0.1, 0.15) is 0 Å². The zero-order chi connectivity index (χ0) is 9.47. The van der Waals surface area contributed by atoms with Gasteiger partial charge in [-0.1, -0.05) is 12.1 Å². The lowest BCUT2D eigenvalue weighted by atomic mass is 10.2. The molecule has 67 valence electrons. The third kappa shape index (κ3) is 1.22. The Bertz CT molecular complexity index is 404. The van der Waals surface area contributed by atoms with Crippen LogP contribution in [0.25, 0.3) is 0 Å². The number of benzene rings is 1. The highest BCUT2D eigenvalue weighted by Crippen LogP contribution is 2.21. The SMILES string of the molecule is [CH2]C1(C(F)F)N=c2ccccc2=N1. The molecule has 0 amide bonds. The summed E-state index contributed by atoms with van der Waals surface area (Å²) in [5, 5.41) is 0.968. The minimum absolute atomic E-state index is 0.484. The summed E-state index contributed by atoms with van der Waals surface area (Å²) in [6.45, 7) is 3.30. The monoisotopic (exact) mass is 181 g/mol. The summed E-state index contributed by atoms with van der Waals surface area (Å²) in [6, 6.07) is 6.76. The Morgan fingerprint density at radius 3 is 2.00 bits per heavy atom. The van der Waals surface area contributed by atoms with Crippen LogP contribution < -0.4 is 10.7 Å². The van der Waals surface area contributed by atoms with Gasteiger partial charge in [0.2, 0.25) is 5.66 Å². The molecule has 1 aromatic carbocycles. The quantitative estimate of drug-likeness (QED) is 0.610. The molecule has 0 saturated carbocycles. The minimum Gasteiger partial charge on any atom is -0.247 e. The highest BCUT2D eigenvalue weighted by Gasteiger charge is 2.35. The highest BCUT2D eigenvalue weighted by atomic mass is 19.3. The van der Waals surface area contributed by atoms with Crippen molar-refractivity contribution < 1.29 is 8.78 Å². The van der Waals surface area contributed by atoms with E-state index < -0.39 is 12.1 Å². The van der Waals surface area contributed by atoms with E-state index in [-0.39, 0.29) is 0 Å². The molecule has 0 aliphatic carbocycles. The number of hydrogen-bond donors (Lipinski definition) is 0. The number of halogens is 2. The molecule has 0 spiro atoms. The minimum atomic E-state index is -2.67. The molecular formula is C9H7F2N2. The first-order valence-corrected chi connectivity index (χ1v) is 3.80. The van der Waals surface area contributed by atoms with Crippen molar-refractivity contribution in [1.82, 2.24) is 0 Å². The number of fused-ring (bicyclic) bond motifs is 1. The maximum absolute atomic E-state index is 12.4. The second-order valence-electron chi connectivity index (χ2n) is 2.89. The second-order valence-corrected chi connectivity index (χ2v) is 2.89. The Morgan fingerprint density at radius 1 is 1.15 bits per heavy atom. The lowest BCUT2D eigenvalue weighted by Gasteiger charge is -2.14. The van der Waals surface area contributed by atoms with Crippen LogP contribution in [0.1, 0.15) is 0 Å². The molecule has 4 heteroatoms. The van der Waals surface area contributed by atoms with Crippen LogP contribution in [0.4, 0.5) is 8.78 Å². The third-order valence-corrected chi connectivity index (χ3v) is 1.86. The van der Waals surface area contributed by atoms with Gasteiger partial charge >= 0.3 is 0 Å². The third-order valence-electron chi connectivity index (χ3n) is 1.86. The van der Waals surface area contributed by atoms with Gasteiger partial charge in [0.15, 0.2) is 0 Å². The molecule has 2 rings (SSSR count). The lowest BCUT2D eigenvalue weighted by molar-refractivity contribution is 0.0828. The number of para-hydroxylation sites is 2. The van der Waals surface area contributed by atoms with Crippen LogP contribution in [0.15, 0.2) is 34.3 Å². The van der Waals surface area contributed by atoms with E-state index in [0.717, 1.165) is 0 Å². The second kappa shape index (κ2) is 2.58. The van der Waals surface area contributed by atoms with Crippen LogP contribution in [0, 0.1) is 6.92 Å². The molecule has 13 heavy (non-hydrogen) atoms. The van der Waals surface area contributed by atoms with Crippen molar-refractivity contribution in [3.8, 4) is 0 Å². The highest BCUT2D eigenvalue weighted by molar-refractivity contribution is 5.09. The van der Waals surface area contributed by atoms with Gasteiger partial charge < -0.3 is 0 Å². The smallest absolute Gasteiger partial charge is 0.247 e. The van der Waals surface area contributed by atoms with Crippen LogP contribution in [0.5, 0.6) is 0 Å². The van der Waals surface area contributed by atoms with E-state index in [1.807, 2.05) is 0 Å². The number of rotatable bonds is 1. The first-order valence-electron chi connectivity index (χ1n) is 3.80. The van der Waals surface area contributed by atoms with E-state index in [2.05, 4.69) is 16.9 Å². The van der Waals surface area contributed by atoms with Gasteiger partial charge in [0.05, 0.1) is 10.7 Å². The van der Waals surface area contributed by atoms with Crippen LogP contribution in [0.3, 0.4) is 0 Å². The fraction of sp³-hybridized carbons (Fsp3) is 0.222. The molecule has 1 aromatic rings. The summed E-state index contributed by atoms with van der Waals surface area (Å²) in [4.78, 5) is 7.51. The summed E-state index contributed by atoms with van der Waals surface area (Å²) in [5.41, 5.74) is -1.83. The zero-order valence-corrected chi connectivity index (χ0v) is 6.74. The van der Waals surface area contributed by atoms with E-state index in [4.69, 9.17) is 0 Å². The van der Waals surface area contributed by atoms with Gasteiger partial charge in [0, 0.05) is 6.92 Å². The van der Waals surface area contributed by atoms with Crippen molar-refractivity contribution >= 4 is 0 Å². The maximum atomic E-state index is 12.4. The molecule has 0 aromatic heterocycles. The topological polar surface area (TPSA) is 24.7 Å². The molecule has 0 atom stereocenters. The largest absolute Gasteiger partial charge is 0.283 e. The van der Waals surface area contributed by atoms with E-state index in [1.54, 1.807) is 24.3 Å². The van der Waals surface area contributed by atoms with Gasteiger partial charge in [-0.2, -0.15) is 0 Å². The van der Waals surface area contributed by atoms with Crippen molar-refractivity contribution in [2.45, 2.75) is 12.1 Å². The molecule has 1 aliphatic heterocycles. The van der Waals surface area contributed by atoms with E-state index in [0.29, 0.717) is 10.7 Å². The average Bonchev–Trinajstić information content (AvgIpc) is 2.42. The van der Waals surface area contributed by atoms with Crippen LogP contribution >= 0.6 is 0 Å². The van der Waals surface area contributed by atoms with Gasteiger partial charge in [-0.05, 0) is 12.1 Å². The molecule has 0 fully saturated rings. The van der Waals surface area contributed by atoms with Crippen molar-refractivity contribution in [1.29, 1.82) is 0 Å². The van der Waals surface area contributed by atoms with Crippen molar-refractivity contribution in [3.05, 3.63) is 41.9 Å². The Morgan fingerprint density at radius 2 is 1.62 bits per heavy atom. The summed E-state index contributed by atoms with van der Waals surface area (Å²) >= 11 is 0. The molecule has 0 bridgehead atoms. The summed E-state index contributed by atoms with van der Waals surface area (Å²) in [7, 11) is 0. The lowest BCUT2D eigenvalue weighted by Crippen LogP contribution is -2.28. The predicted octanol–water partition coefficient (Wildman–Crippen LogP) is 0.735.